The molecule has 0 spiro atoms. The van der Waals surface area contributed by atoms with Gasteiger partial charge in [-0.05, 0) is 18.2 Å². The molecule has 2 rings (SSSR count). The molecule has 0 saturated heterocycles. The summed E-state index contributed by atoms with van der Waals surface area (Å²) in [4.78, 5) is 1.45. The van der Waals surface area contributed by atoms with Crippen LogP contribution in [0.1, 0.15) is 0 Å². The van der Waals surface area contributed by atoms with Gasteiger partial charge in [-0.2, -0.15) is 25.4 Å². The highest BCUT2D eigenvalue weighted by atomic mass is 15.5. The zero-order valence-electron chi connectivity index (χ0n) is 9.78. The van der Waals surface area contributed by atoms with Crippen molar-refractivity contribution in [1.29, 1.82) is 10.7 Å². The second-order valence-electron chi connectivity index (χ2n) is 3.47. The van der Waals surface area contributed by atoms with Crippen LogP contribution >= 0.6 is 0 Å². The Balaban J connectivity index is 2.21. The molecule has 0 atom stereocenters. The third-order valence-corrected chi connectivity index (χ3v) is 2.15. The van der Waals surface area contributed by atoms with Crippen LogP contribution in [0.2, 0.25) is 0 Å². The molecular formula is C11H10N8. The fourth-order valence-electron chi connectivity index (χ4n) is 1.31. The minimum Gasteiger partial charge on any atom is -0.382 e. The summed E-state index contributed by atoms with van der Waals surface area (Å²) in [6.07, 6.45) is 3.14. The van der Waals surface area contributed by atoms with Gasteiger partial charge in [-0.3, -0.25) is 10.8 Å². The van der Waals surface area contributed by atoms with Gasteiger partial charge >= 0.3 is 0 Å². The number of hydrogen-bond acceptors (Lipinski definition) is 6. The quantitative estimate of drug-likeness (QED) is 0.415. The van der Waals surface area contributed by atoms with Gasteiger partial charge in [0.15, 0.2) is 5.84 Å². The zero-order chi connectivity index (χ0) is 13.7. The van der Waals surface area contributed by atoms with E-state index in [1.54, 1.807) is 36.7 Å². The first-order valence-electron chi connectivity index (χ1n) is 5.25. The Hall–Kier alpha value is -3.21. The number of nitrogens with zero attached hydrogens (tertiary/aromatic N) is 5. The number of nitrogens with two attached hydrogens (primary N) is 1. The molecule has 1 aromatic carbocycles. The predicted molar refractivity (Wildman–Crippen MR) is 69.9 cm³/mol. The highest BCUT2D eigenvalue weighted by Crippen LogP contribution is 2.12. The van der Waals surface area contributed by atoms with Crippen molar-refractivity contribution >= 4 is 17.2 Å². The second kappa shape index (κ2) is 5.42. The SMILES string of the molecule is N#C/C(=N\Nc1cccc(-n2nccn2)c1)C(=N)N. The van der Waals surface area contributed by atoms with Crippen molar-refractivity contribution in [3.05, 3.63) is 36.7 Å². The van der Waals surface area contributed by atoms with Crippen molar-refractivity contribution in [2.24, 2.45) is 10.8 Å². The largest absolute Gasteiger partial charge is 0.382 e. The smallest absolute Gasteiger partial charge is 0.201 e. The van der Waals surface area contributed by atoms with E-state index in [0.717, 1.165) is 5.69 Å². The van der Waals surface area contributed by atoms with E-state index >= 15 is 0 Å². The minimum atomic E-state index is -0.389. The van der Waals surface area contributed by atoms with E-state index < -0.39 is 0 Å². The van der Waals surface area contributed by atoms with Crippen LogP contribution in [-0.4, -0.2) is 26.5 Å². The van der Waals surface area contributed by atoms with Gasteiger partial charge in [-0.25, -0.2) is 0 Å². The van der Waals surface area contributed by atoms with Gasteiger partial charge in [0.05, 0.1) is 23.8 Å². The molecule has 19 heavy (non-hydrogen) atoms. The molecule has 94 valence electrons. The van der Waals surface area contributed by atoms with E-state index in [1.165, 1.54) is 4.80 Å². The van der Waals surface area contributed by atoms with Crippen molar-refractivity contribution in [1.82, 2.24) is 15.0 Å². The fraction of sp³-hybridized carbons (Fsp3) is 0. The van der Waals surface area contributed by atoms with E-state index in [2.05, 4.69) is 20.7 Å². The normalized spacial score (nSPS) is 10.8. The predicted octanol–water partition coefficient (Wildman–Crippen LogP) is 0.495. The lowest BCUT2D eigenvalue weighted by Gasteiger charge is -2.04. The lowest BCUT2D eigenvalue weighted by atomic mass is 10.3. The average molecular weight is 254 g/mol. The fourth-order valence-corrected chi connectivity index (χ4v) is 1.31. The molecule has 0 saturated carbocycles. The van der Waals surface area contributed by atoms with Crippen LogP contribution in [0.4, 0.5) is 5.69 Å². The van der Waals surface area contributed by atoms with Gasteiger partial charge < -0.3 is 5.73 Å². The van der Waals surface area contributed by atoms with Gasteiger partial charge in [0.25, 0.3) is 0 Å². The number of nitriles is 1. The van der Waals surface area contributed by atoms with E-state index in [9.17, 15) is 0 Å². The Morgan fingerprint density at radius 3 is 2.79 bits per heavy atom. The topological polar surface area (TPSA) is 129 Å². The lowest BCUT2D eigenvalue weighted by molar-refractivity contribution is 0.752. The summed E-state index contributed by atoms with van der Waals surface area (Å²) in [6.45, 7) is 0. The summed E-state index contributed by atoms with van der Waals surface area (Å²) in [5, 5.41) is 27.6. The standard InChI is InChI=1S/C11H10N8/c12-7-10(11(13)14)18-17-8-2-1-3-9(6-8)19-15-4-5-16-19/h1-6,17H,(H3,13,14)/b18-10+. The summed E-state index contributed by atoms with van der Waals surface area (Å²) in [6, 6.07) is 8.84. The highest BCUT2D eigenvalue weighted by Gasteiger charge is 2.02. The summed E-state index contributed by atoms with van der Waals surface area (Å²) in [7, 11) is 0. The Morgan fingerprint density at radius 2 is 2.16 bits per heavy atom. The van der Waals surface area contributed by atoms with Crippen molar-refractivity contribution < 1.29 is 0 Å². The van der Waals surface area contributed by atoms with Crippen LogP contribution < -0.4 is 11.2 Å². The Labute approximate surface area is 108 Å². The van der Waals surface area contributed by atoms with Gasteiger partial charge in [-0.1, -0.05) is 6.07 Å². The third-order valence-electron chi connectivity index (χ3n) is 2.15. The van der Waals surface area contributed by atoms with E-state index in [4.69, 9.17) is 16.4 Å². The molecule has 8 heteroatoms. The third kappa shape index (κ3) is 2.92. The molecule has 2 aromatic rings. The maximum atomic E-state index is 8.71. The molecule has 0 radical (unpaired) electrons. The molecule has 0 bridgehead atoms. The van der Waals surface area contributed by atoms with Crippen LogP contribution in [0.3, 0.4) is 0 Å². The first-order chi connectivity index (χ1) is 9.20. The van der Waals surface area contributed by atoms with Gasteiger partial charge in [0.2, 0.25) is 5.71 Å². The van der Waals surface area contributed by atoms with E-state index in [0.29, 0.717) is 5.69 Å². The first-order valence-corrected chi connectivity index (χ1v) is 5.25. The van der Waals surface area contributed by atoms with Crippen molar-refractivity contribution in [3.63, 3.8) is 0 Å². The first kappa shape index (κ1) is 12.3. The van der Waals surface area contributed by atoms with Crippen molar-refractivity contribution in [3.8, 4) is 11.8 Å². The monoisotopic (exact) mass is 254 g/mol. The number of rotatable bonds is 4. The summed E-state index contributed by atoms with van der Waals surface area (Å²) in [5.41, 5.74) is 9.03. The van der Waals surface area contributed by atoms with Crippen LogP contribution in [0.15, 0.2) is 41.8 Å². The highest BCUT2D eigenvalue weighted by molar-refractivity contribution is 6.45. The van der Waals surface area contributed by atoms with Gasteiger partial charge in [0, 0.05) is 0 Å². The molecule has 8 nitrogen and oxygen atoms in total. The summed E-state index contributed by atoms with van der Waals surface area (Å²) in [5.74, 6) is -0.389. The second-order valence-corrected chi connectivity index (χ2v) is 3.47. The van der Waals surface area contributed by atoms with Crippen molar-refractivity contribution in [2.45, 2.75) is 0 Å². The number of nitrogens with one attached hydrogen (secondary N) is 2. The van der Waals surface area contributed by atoms with Crippen LogP contribution in [0.25, 0.3) is 5.69 Å². The van der Waals surface area contributed by atoms with Crippen LogP contribution in [0.5, 0.6) is 0 Å². The minimum absolute atomic E-state index is 0.178. The van der Waals surface area contributed by atoms with E-state index in [-0.39, 0.29) is 11.5 Å². The molecular weight excluding hydrogens is 244 g/mol. The van der Waals surface area contributed by atoms with Crippen LogP contribution in [0, 0.1) is 16.7 Å². The molecule has 4 N–H and O–H groups in total. The number of aromatic nitrogens is 3. The van der Waals surface area contributed by atoms with E-state index in [1.807, 2.05) is 6.07 Å². The molecule has 0 aliphatic heterocycles. The number of hydrazone groups is 1. The molecule has 1 aromatic heterocycles. The maximum absolute atomic E-state index is 8.71. The molecule has 0 aliphatic carbocycles. The van der Waals surface area contributed by atoms with Gasteiger partial charge in [-0.15, -0.1) is 0 Å². The zero-order valence-corrected chi connectivity index (χ0v) is 9.78. The van der Waals surface area contributed by atoms with Crippen molar-refractivity contribution in [2.75, 3.05) is 5.43 Å². The Bertz CT molecular complexity index is 650. The van der Waals surface area contributed by atoms with Gasteiger partial charge in [0.1, 0.15) is 6.07 Å². The van der Waals surface area contributed by atoms with Crippen LogP contribution in [-0.2, 0) is 0 Å². The number of anilines is 1. The maximum Gasteiger partial charge on any atom is 0.201 e. The lowest BCUT2D eigenvalue weighted by Crippen LogP contribution is -2.21. The Kier molecular flexibility index (Phi) is 3.49. The molecule has 0 fully saturated rings. The number of hydrogen-bond donors (Lipinski definition) is 3. The number of amidine groups is 1. The molecule has 0 amide bonds. The Morgan fingerprint density at radius 1 is 1.42 bits per heavy atom. The number of benzene rings is 1. The molecule has 0 unspecified atom stereocenters. The average Bonchev–Trinajstić information content (AvgIpc) is 2.93. The summed E-state index contributed by atoms with van der Waals surface area (Å²) >= 11 is 0. The molecule has 1 heterocycles. The summed E-state index contributed by atoms with van der Waals surface area (Å²) < 4.78 is 0. The molecule has 0 aliphatic rings.